The molecule has 0 saturated heterocycles. The topological polar surface area (TPSA) is 49.3 Å². The van der Waals surface area contributed by atoms with Gasteiger partial charge in [-0.1, -0.05) is 26.0 Å². The fourth-order valence-electron chi connectivity index (χ4n) is 1.79. The highest BCUT2D eigenvalue weighted by molar-refractivity contribution is 5.76. The van der Waals surface area contributed by atoms with Gasteiger partial charge in [0.2, 0.25) is 5.91 Å². The summed E-state index contributed by atoms with van der Waals surface area (Å²) in [5, 5.41) is 11.6. The first-order valence-electron chi connectivity index (χ1n) is 6.20. The van der Waals surface area contributed by atoms with Crippen LogP contribution in [0, 0.1) is 11.7 Å². The van der Waals surface area contributed by atoms with Crippen LogP contribution in [0.25, 0.3) is 0 Å². The maximum absolute atomic E-state index is 12.9. The van der Waals surface area contributed by atoms with Gasteiger partial charge in [0.05, 0.1) is 6.04 Å². The van der Waals surface area contributed by atoms with Crippen LogP contribution in [0.1, 0.15) is 38.3 Å². The average molecular weight is 253 g/mol. The lowest BCUT2D eigenvalue weighted by molar-refractivity contribution is -0.122. The maximum Gasteiger partial charge on any atom is 0.220 e. The molecule has 0 aliphatic rings. The van der Waals surface area contributed by atoms with Crippen molar-refractivity contribution < 1.29 is 14.3 Å². The van der Waals surface area contributed by atoms with Crippen LogP contribution in [-0.4, -0.2) is 17.6 Å². The molecule has 1 atom stereocenters. The van der Waals surface area contributed by atoms with Crippen LogP contribution < -0.4 is 5.32 Å². The minimum absolute atomic E-state index is 0.0102. The fraction of sp³-hybridized carbons (Fsp3) is 0.500. The van der Waals surface area contributed by atoms with E-state index in [1.807, 2.05) is 13.8 Å². The molecule has 100 valence electrons. The minimum atomic E-state index is -0.284. The van der Waals surface area contributed by atoms with Crippen LogP contribution in [0.5, 0.6) is 0 Å². The number of benzene rings is 1. The van der Waals surface area contributed by atoms with E-state index in [9.17, 15) is 9.18 Å². The van der Waals surface area contributed by atoms with E-state index in [1.54, 1.807) is 12.1 Å². The molecule has 0 aliphatic heterocycles. The van der Waals surface area contributed by atoms with E-state index in [4.69, 9.17) is 5.11 Å². The Labute approximate surface area is 107 Å². The second-order valence-electron chi connectivity index (χ2n) is 4.67. The van der Waals surface area contributed by atoms with Crippen LogP contribution in [0.2, 0.25) is 0 Å². The molecule has 1 rings (SSSR count). The van der Waals surface area contributed by atoms with Gasteiger partial charge in [0, 0.05) is 13.0 Å². The number of halogens is 1. The van der Waals surface area contributed by atoms with Crippen molar-refractivity contribution in [2.75, 3.05) is 6.61 Å². The smallest absolute Gasteiger partial charge is 0.220 e. The molecule has 0 aliphatic carbocycles. The number of rotatable bonds is 6. The summed E-state index contributed by atoms with van der Waals surface area (Å²) in [5.74, 6) is -0.159. The highest BCUT2D eigenvalue weighted by atomic mass is 19.1. The monoisotopic (exact) mass is 253 g/mol. The zero-order valence-corrected chi connectivity index (χ0v) is 10.8. The number of nitrogens with one attached hydrogen (secondary N) is 1. The van der Waals surface area contributed by atoms with E-state index >= 15 is 0 Å². The molecule has 0 aromatic heterocycles. The number of carbonyl (C=O) groups is 1. The first-order valence-corrected chi connectivity index (χ1v) is 6.20. The molecule has 18 heavy (non-hydrogen) atoms. The van der Waals surface area contributed by atoms with E-state index < -0.39 is 0 Å². The lowest BCUT2D eigenvalue weighted by Crippen LogP contribution is -2.31. The molecule has 0 fully saturated rings. The molecule has 1 amide bonds. The second kappa shape index (κ2) is 7.11. The standard InChI is InChI=1S/C14H20FNO2/c1-10(2)14(16-13(18)4-3-9-17)11-5-7-12(15)8-6-11/h5-8,10,14,17H,3-4,9H2,1-2H3,(H,16,18). The third-order valence-corrected chi connectivity index (χ3v) is 2.77. The van der Waals surface area contributed by atoms with Crippen molar-refractivity contribution in [3.8, 4) is 0 Å². The minimum Gasteiger partial charge on any atom is -0.396 e. The molecule has 0 bridgehead atoms. The van der Waals surface area contributed by atoms with Gasteiger partial charge in [0.1, 0.15) is 5.82 Å². The number of amides is 1. The summed E-state index contributed by atoms with van der Waals surface area (Å²) in [6.07, 6.45) is 0.765. The van der Waals surface area contributed by atoms with E-state index in [2.05, 4.69) is 5.32 Å². The van der Waals surface area contributed by atoms with Crippen molar-refractivity contribution in [3.05, 3.63) is 35.6 Å². The molecule has 3 nitrogen and oxygen atoms in total. The average Bonchev–Trinajstić information content (AvgIpc) is 2.34. The molecule has 0 spiro atoms. The van der Waals surface area contributed by atoms with E-state index in [0.717, 1.165) is 5.56 Å². The van der Waals surface area contributed by atoms with Crippen molar-refractivity contribution in [1.82, 2.24) is 5.32 Å². The first-order chi connectivity index (χ1) is 8.54. The van der Waals surface area contributed by atoms with E-state index in [0.29, 0.717) is 12.8 Å². The largest absolute Gasteiger partial charge is 0.396 e. The van der Waals surface area contributed by atoms with Gasteiger partial charge in [-0.3, -0.25) is 4.79 Å². The van der Waals surface area contributed by atoms with Gasteiger partial charge in [0.15, 0.2) is 0 Å². The zero-order chi connectivity index (χ0) is 13.5. The van der Waals surface area contributed by atoms with Gasteiger partial charge in [-0.25, -0.2) is 4.39 Å². The van der Waals surface area contributed by atoms with E-state index in [1.165, 1.54) is 12.1 Å². The van der Waals surface area contributed by atoms with Crippen LogP contribution in [0.4, 0.5) is 4.39 Å². The van der Waals surface area contributed by atoms with Crippen LogP contribution >= 0.6 is 0 Å². The first kappa shape index (κ1) is 14.6. The summed E-state index contributed by atoms with van der Waals surface area (Å²) in [7, 11) is 0. The van der Waals surface area contributed by atoms with Gasteiger partial charge < -0.3 is 10.4 Å². The lowest BCUT2D eigenvalue weighted by Gasteiger charge is -2.23. The molecule has 1 unspecified atom stereocenters. The van der Waals surface area contributed by atoms with Crippen LogP contribution in [0.15, 0.2) is 24.3 Å². The Balaban J connectivity index is 2.71. The number of aliphatic hydroxyl groups is 1. The van der Waals surface area contributed by atoms with Gasteiger partial charge in [0.25, 0.3) is 0 Å². The summed E-state index contributed by atoms with van der Waals surface area (Å²) in [6.45, 7) is 4.01. The molecular weight excluding hydrogens is 233 g/mol. The summed E-state index contributed by atoms with van der Waals surface area (Å²) >= 11 is 0. The Morgan fingerprint density at radius 3 is 2.44 bits per heavy atom. The highest BCUT2D eigenvalue weighted by Gasteiger charge is 2.17. The second-order valence-corrected chi connectivity index (χ2v) is 4.67. The SMILES string of the molecule is CC(C)C(NC(=O)CCCO)c1ccc(F)cc1. The number of hydrogen-bond acceptors (Lipinski definition) is 2. The lowest BCUT2D eigenvalue weighted by atomic mass is 9.96. The van der Waals surface area contributed by atoms with Crippen LogP contribution in [0.3, 0.4) is 0 Å². The quantitative estimate of drug-likeness (QED) is 0.818. The normalized spacial score (nSPS) is 12.5. The Kier molecular flexibility index (Phi) is 5.78. The molecule has 0 saturated carbocycles. The van der Waals surface area contributed by atoms with Crippen molar-refractivity contribution in [2.24, 2.45) is 5.92 Å². The molecule has 1 aromatic rings. The third-order valence-electron chi connectivity index (χ3n) is 2.77. The van der Waals surface area contributed by atoms with Gasteiger partial charge in [-0.15, -0.1) is 0 Å². The van der Waals surface area contributed by atoms with Crippen molar-refractivity contribution in [1.29, 1.82) is 0 Å². The van der Waals surface area contributed by atoms with Crippen molar-refractivity contribution in [3.63, 3.8) is 0 Å². The van der Waals surface area contributed by atoms with Gasteiger partial charge in [-0.05, 0) is 30.0 Å². The predicted octanol–water partition coefficient (Wildman–Crippen LogP) is 2.41. The summed E-state index contributed by atoms with van der Waals surface area (Å²) in [6, 6.07) is 6.03. The van der Waals surface area contributed by atoms with E-state index in [-0.39, 0.29) is 30.3 Å². The Hall–Kier alpha value is -1.42. The Morgan fingerprint density at radius 1 is 1.33 bits per heavy atom. The highest BCUT2D eigenvalue weighted by Crippen LogP contribution is 2.22. The number of hydrogen-bond donors (Lipinski definition) is 2. The molecule has 0 heterocycles. The Bertz CT molecular complexity index is 376. The summed E-state index contributed by atoms with van der Waals surface area (Å²) in [4.78, 5) is 11.7. The zero-order valence-electron chi connectivity index (χ0n) is 10.8. The Morgan fingerprint density at radius 2 is 1.94 bits per heavy atom. The van der Waals surface area contributed by atoms with Crippen LogP contribution in [-0.2, 0) is 4.79 Å². The summed E-state index contributed by atoms with van der Waals surface area (Å²) in [5.41, 5.74) is 0.892. The third kappa shape index (κ3) is 4.45. The van der Waals surface area contributed by atoms with Gasteiger partial charge in [-0.2, -0.15) is 0 Å². The number of aliphatic hydroxyl groups excluding tert-OH is 1. The molecule has 1 aromatic carbocycles. The fourth-order valence-corrected chi connectivity index (χ4v) is 1.79. The van der Waals surface area contributed by atoms with Crippen molar-refractivity contribution >= 4 is 5.91 Å². The van der Waals surface area contributed by atoms with Gasteiger partial charge >= 0.3 is 0 Å². The van der Waals surface area contributed by atoms with Crippen molar-refractivity contribution in [2.45, 2.75) is 32.7 Å². The molecular formula is C14H20FNO2. The molecule has 0 radical (unpaired) electrons. The number of carbonyl (C=O) groups excluding carboxylic acids is 1. The summed E-state index contributed by atoms with van der Waals surface area (Å²) < 4.78 is 12.9. The predicted molar refractivity (Wildman–Crippen MR) is 68.4 cm³/mol. The maximum atomic E-state index is 12.9. The molecule has 4 heteroatoms. The molecule has 2 N–H and O–H groups in total.